The van der Waals surface area contributed by atoms with Gasteiger partial charge in [0, 0.05) is 50.1 Å². The molecule has 3 aliphatic rings. The molecular formula is C18H27N5O. The predicted octanol–water partition coefficient (Wildman–Crippen LogP) is 1.17. The van der Waals surface area contributed by atoms with E-state index in [0.717, 1.165) is 44.8 Å². The monoisotopic (exact) mass is 329 g/mol. The lowest BCUT2D eigenvalue weighted by molar-refractivity contribution is 0.218. The third kappa shape index (κ3) is 2.74. The molecule has 2 N–H and O–H groups in total. The molecule has 2 atom stereocenters. The molecule has 2 amide bonds. The molecule has 6 heteroatoms. The second kappa shape index (κ2) is 6.26. The third-order valence-electron chi connectivity index (χ3n) is 5.69. The number of carbonyl (C=O) groups excluding carboxylic acids is 1. The number of benzene rings is 1. The molecule has 0 spiro atoms. The zero-order valence-electron chi connectivity index (χ0n) is 14.4. The number of amides is 2. The van der Waals surface area contributed by atoms with Crippen LogP contribution in [0.2, 0.25) is 0 Å². The van der Waals surface area contributed by atoms with E-state index in [1.807, 2.05) is 9.80 Å². The first kappa shape index (κ1) is 15.7. The fourth-order valence-corrected chi connectivity index (χ4v) is 4.13. The van der Waals surface area contributed by atoms with E-state index < -0.39 is 0 Å². The fourth-order valence-electron chi connectivity index (χ4n) is 4.13. The van der Waals surface area contributed by atoms with Crippen molar-refractivity contribution in [2.45, 2.75) is 24.9 Å². The lowest BCUT2D eigenvalue weighted by Gasteiger charge is -2.24. The van der Waals surface area contributed by atoms with E-state index in [2.05, 4.69) is 41.1 Å². The zero-order valence-corrected chi connectivity index (χ0v) is 14.4. The van der Waals surface area contributed by atoms with Crippen LogP contribution in [0.15, 0.2) is 24.3 Å². The fraction of sp³-hybridized carbons (Fsp3) is 0.611. The predicted molar refractivity (Wildman–Crippen MR) is 96.6 cm³/mol. The topological polar surface area (TPSA) is 56.1 Å². The highest BCUT2D eigenvalue weighted by molar-refractivity contribution is 5.95. The molecule has 0 bridgehead atoms. The highest BCUT2D eigenvalue weighted by atomic mass is 16.2. The molecular weight excluding hydrogens is 302 g/mol. The van der Waals surface area contributed by atoms with Crippen molar-refractivity contribution in [2.24, 2.45) is 5.73 Å². The van der Waals surface area contributed by atoms with Gasteiger partial charge in [0.1, 0.15) is 0 Å². The van der Waals surface area contributed by atoms with E-state index in [-0.39, 0.29) is 18.1 Å². The highest BCUT2D eigenvalue weighted by Gasteiger charge is 2.44. The molecule has 0 aliphatic carbocycles. The molecule has 3 aliphatic heterocycles. The standard InChI is InChI=1S/C18H27N5O/c1-20-8-2-9-21(12-11-20)14-3-5-15(6-4-14)23-13-17-16(19)7-10-22(17)18(23)24/h3-6,16-17H,2,7-13,19H2,1H3/t16-,17-/m1/s1. The van der Waals surface area contributed by atoms with Crippen molar-refractivity contribution < 1.29 is 4.79 Å². The maximum Gasteiger partial charge on any atom is 0.324 e. The minimum atomic E-state index is 0.108. The summed E-state index contributed by atoms with van der Waals surface area (Å²) in [7, 11) is 2.18. The van der Waals surface area contributed by atoms with E-state index in [4.69, 9.17) is 5.73 Å². The number of hydrogen-bond donors (Lipinski definition) is 1. The van der Waals surface area contributed by atoms with Crippen LogP contribution < -0.4 is 15.5 Å². The lowest BCUT2D eigenvalue weighted by atomic mass is 10.1. The first-order valence-electron chi connectivity index (χ1n) is 9.01. The first-order valence-corrected chi connectivity index (χ1v) is 9.01. The van der Waals surface area contributed by atoms with Gasteiger partial charge < -0.3 is 20.4 Å². The Morgan fingerprint density at radius 1 is 1.00 bits per heavy atom. The average molecular weight is 329 g/mol. The number of fused-ring (bicyclic) bond motifs is 1. The van der Waals surface area contributed by atoms with Crippen LogP contribution in [0.4, 0.5) is 16.2 Å². The molecule has 1 aromatic rings. The number of hydrogen-bond acceptors (Lipinski definition) is 4. The van der Waals surface area contributed by atoms with Crippen LogP contribution >= 0.6 is 0 Å². The average Bonchev–Trinajstić information content (AvgIpc) is 3.02. The van der Waals surface area contributed by atoms with E-state index >= 15 is 0 Å². The summed E-state index contributed by atoms with van der Waals surface area (Å²) in [5, 5.41) is 0. The maximum absolute atomic E-state index is 12.6. The summed E-state index contributed by atoms with van der Waals surface area (Å²) >= 11 is 0. The molecule has 4 rings (SSSR count). The van der Waals surface area contributed by atoms with Gasteiger partial charge in [0.05, 0.1) is 6.04 Å². The van der Waals surface area contributed by atoms with Gasteiger partial charge in [-0.1, -0.05) is 0 Å². The van der Waals surface area contributed by atoms with Gasteiger partial charge in [-0.05, 0) is 50.7 Å². The third-order valence-corrected chi connectivity index (χ3v) is 5.69. The Balaban J connectivity index is 1.47. The Morgan fingerprint density at radius 2 is 1.75 bits per heavy atom. The smallest absolute Gasteiger partial charge is 0.324 e. The van der Waals surface area contributed by atoms with E-state index in [9.17, 15) is 4.79 Å². The number of nitrogens with two attached hydrogens (primary N) is 1. The lowest BCUT2D eigenvalue weighted by Crippen LogP contribution is -2.37. The minimum Gasteiger partial charge on any atom is -0.370 e. The first-order chi connectivity index (χ1) is 11.6. The Kier molecular flexibility index (Phi) is 4.10. The van der Waals surface area contributed by atoms with Crippen molar-refractivity contribution >= 4 is 17.4 Å². The zero-order chi connectivity index (χ0) is 16.7. The summed E-state index contributed by atoms with van der Waals surface area (Å²) < 4.78 is 0. The van der Waals surface area contributed by atoms with E-state index in [1.54, 1.807) is 0 Å². The second-order valence-electron chi connectivity index (χ2n) is 7.27. The van der Waals surface area contributed by atoms with Crippen LogP contribution in [0, 0.1) is 0 Å². The Labute approximate surface area is 143 Å². The number of urea groups is 1. The SMILES string of the molecule is CN1CCCN(c2ccc(N3C[C@@H]4[C@H](N)CCN4C3=O)cc2)CC1. The second-order valence-corrected chi connectivity index (χ2v) is 7.27. The van der Waals surface area contributed by atoms with E-state index in [1.165, 1.54) is 12.1 Å². The summed E-state index contributed by atoms with van der Waals surface area (Å²) in [5.41, 5.74) is 8.37. The molecule has 6 nitrogen and oxygen atoms in total. The Morgan fingerprint density at radius 3 is 2.50 bits per heavy atom. The highest BCUT2D eigenvalue weighted by Crippen LogP contribution is 2.31. The summed E-state index contributed by atoms with van der Waals surface area (Å²) in [5.74, 6) is 0. The van der Waals surface area contributed by atoms with Gasteiger partial charge in [-0.2, -0.15) is 0 Å². The summed E-state index contributed by atoms with van der Waals surface area (Å²) in [6.45, 7) is 5.92. The van der Waals surface area contributed by atoms with Crippen molar-refractivity contribution in [3.63, 3.8) is 0 Å². The summed E-state index contributed by atoms with van der Waals surface area (Å²) in [4.78, 5) is 21.2. The maximum atomic E-state index is 12.6. The summed E-state index contributed by atoms with van der Waals surface area (Å²) in [6.07, 6.45) is 2.12. The number of rotatable bonds is 2. The molecule has 0 aromatic heterocycles. The van der Waals surface area contributed by atoms with Crippen LogP contribution in [0.1, 0.15) is 12.8 Å². The van der Waals surface area contributed by atoms with Gasteiger partial charge in [0.2, 0.25) is 0 Å². The molecule has 1 aromatic carbocycles. The van der Waals surface area contributed by atoms with Crippen molar-refractivity contribution in [2.75, 3.05) is 56.1 Å². The minimum absolute atomic E-state index is 0.108. The van der Waals surface area contributed by atoms with E-state index in [0.29, 0.717) is 6.54 Å². The molecule has 3 heterocycles. The number of carbonyl (C=O) groups is 1. The van der Waals surface area contributed by atoms with Crippen molar-refractivity contribution in [1.29, 1.82) is 0 Å². The normalized spacial score (nSPS) is 28.4. The number of likely N-dealkylation sites (N-methyl/N-ethyl adjacent to an activating group) is 1. The van der Waals surface area contributed by atoms with Gasteiger partial charge in [-0.25, -0.2) is 4.79 Å². The van der Waals surface area contributed by atoms with Gasteiger partial charge >= 0.3 is 6.03 Å². The molecule has 0 saturated carbocycles. The number of nitrogens with zero attached hydrogens (tertiary/aromatic N) is 4. The number of anilines is 2. The summed E-state index contributed by atoms with van der Waals surface area (Å²) in [6, 6.07) is 8.86. The van der Waals surface area contributed by atoms with Crippen molar-refractivity contribution in [3.8, 4) is 0 Å². The quantitative estimate of drug-likeness (QED) is 0.885. The van der Waals surface area contributed by atoms with Crippen LogP contribution in [-0.2, 0) is 0 Å². The van der Waals surface area contributed by atoms with Crippen LogP contribution in [0.25, 0.3) is 0 Å². The largest absolute Gasteiger partial charge is 0.370 e. The van der Waals surface area contributed by atoms with Crippen LogP contribution in [0.3, 0.4) is 0 Å². The van der Waals surface area contributed by atoms with Crippen molar-refractivity contribution in [3.05, 3.63) is 24.3 Å². The van der Waals surface area contributed by atoms with Gasteiger partial charge in [0.25, 0.3) is 0 Å². The molecule has 0 radical (unpaired) electrons. The molecule has 3 fully saturated rings. The van der Waals surface area contributed by atoms with Crippen molar-refractivity contribution in [1.82, 2.24) is 9.80 Å². The van der Waals surface area contributed by atoms with Gasteiger partial charge in [-0.3, -0.25) is 4.90 Å². The molecule has 3 saturated heterocycles. The van der Waals surface area contributed by atoms with Crippen LogP contribution in [0.5, 0.6) is 0 Å². The molecule has 130 valence electrons. The molecule has 0 unspecified atom stereocenters. The Hall–Kier alpha value is -1.79. The van der Waals surface area contributed by atoms with Gasteiger partial charge in [-0.15, -0.1) is 0 Å². The molecule has 24 heavy (non-hydrogen) atoms. The van der Waals surface area contributed by atoms with Gasteiger partial charge in [0.15, 0.2) is 0 Å². The Bertz CT molecular complexity index is 604. The van der Waals surface area contributed by atoms with Crippen LogP contribution in [-0.4, -0.2) is 74.2 Å².